The lowest BCUT2D eigenvalue weighted by atomic mass is 10.1. The standard InChI is InChI=1S/C18H23N5/c1-3-9-20-18-22-13(2)11-17(23-18)19-10-8-14-12-21-16-7-5-4-6-15(14)16/h4-7,11-12,21H,3,8-10H2,1-2H3,(H2,19,20,22,23). The molecule has 1 aromatic carbocycles. The monoisotopic (exact) mass is 309 g/mol. The molecule has 5 heteroatoms. The van der Waals surface area contributed by atoms with E-state index in [0.717, 1.165) is 37.4 Å². The molecule has 120 valence electrons. The Morgan fingerprint density at radius 1 is 1.09 bits per heavy atom. The van der Waals surface area contributed by atoms with Gasteiger partial charge >= 0.3 is 0 Å². The molecule has 5 nitrogen and oxygen atoms in total. The third-order valence-corrected chi connectivity index (χ3v) is 3.76. The van der Waals surface area contributed by atoms with Crippen LogP contribution in [0.3, 0.4) is 0 Å². The highest BCUT2D eigenvalue weighted by atomic mass is 15.1. The van der Waals surface area contributed by atoms with Gasteiger partial charge in [0.2, 0.25) is 5.95 Å². The number of rotatable bonds is 7. The van der Waals surface area contributed by atoms with E-state index < -0.39 is 0 Å². The van der Waals surface area contributed by atoms with Gasteiger partial charge in [-0.25, -0.2) is 4.98 Å². The second-order valence-electron chi connectivity index (χ2n) is 5.68. The summed E-state index contributed by atoms with van der Waals surface area (Å²) >= 11 is 0. The molecule has 3 N–H and O–H groups in total. The van der Waals surface area contributed by atoms with Crippen LogP contribution in [-0.4, -0.2) is 28.0 Å². The average molecular weight is 309 g/mol. The molecule has 3 rings (SSSR count). The number of benzene rings is 1. The van der Waals surface area contributed by atoms with Gasteiger partial charge in [0, 0.05) is 41.9 Å². The Morgan fingerprint density at radius 2 is 1.96 bits per heavy atom. The second-order valence-corrected chi connectivity index (χ2v) is 5.68. The molecule has 0 bridgehead atoms. The average Bonchev–Trinajstić information content (AvgIpc) is 2.96. The smallest absolute Gasteiger partial charge is 0.224 e. The number of para-hydroxylation sites is 1. The topological polar surface area (TPSA) is 65.6 Å². The Bertz CT molecular complexity index is 778. The number of hydrogen-bond acceptors (Lipinski definition) is 4. The number of H-pyrrole nitrogens is 1. The van der Waals surface area contributed by atoms with Crippen LogP contribution >= 0.6 is 0 Å². The SMILES string of the molecule is CCCNc1nc(C)cc(NCCc2c[nH]c3ccccc23)n1. The van der Waals surface area contributed by atoms with Crippen molar-refractivity contribution in [2.24, 2.45) is 0 Å². The summed E-state index contributed by atoms with van der Waals surface area (Å²) in [5.41, 5.74) is 3.47. The second kappa shape index (κ2) is 7.13. The van der Waals surface area contributed by atoms with E-state index in [2.05, 4.69) is 63.0 Å². The fraction of sp³-hybridized carbons (Fsp3) is 0.333. The minimum Gasteiger partial charge on any atom is -0.370 e. The Morgan fingerprint density at radius 3 is 2.83 bits per heavy atom. The molecule has 0 saturated heterocycles. The van der Waals surface area contributed by atoms with E-state index in [0.29, 0.717) is 5.95 Å². The molecule has 0 amide bonds. The van der Waals surface area contributed by atoms with E-state index in [4.69, 9.17) is 0 Å². The summed E-state index contributed by atoms with van der Waals surface area (Å²) in [6.07, 6.45) is 4.09. The van der Waals surface area contributed by atoms with E-state index in [1.807, 2.05) is 13.0 Å². The molecular formula is C18H23N5. The first-order valence-corrected chi connectivity index (χ1v) is 8.14. The summed E-state index contributed by atoms with van der Waals surface area (Å²) in [6, 6.07) is 10.4. The fourth-order valence-electron chi connectivity index (χ4n) is 2.64. The van der Waals surface area contributed by atoms with Gasteiger partial charge in [-0.15, -0.1) is 0 Å². The van der Waals surface area contributed by atoms with Crippen molar-refractivity contribution in [3.05, 3.63) is 47.8 Å². The Labute approximate surface area is 136 Å². The van der Waals surface area contributed by atoms with E-state index in [1.54, 1.807) is 0 Å². The van der Waals surface area contributed by atoms with Gasteiger partial charge in [0.05, 0.1) is 0 Å². The number of nitrogens with zero attached hydrogens (tertiary/aromatic N) is 2. The summed E-state index contributed by atoms with van der Waals surface area (Å²) in [6.45, 7) is 5.84. The zero-order valence-electron chi connectivity index (χ0n) is 13.7. The van der Waals surface area contributed by atoms with Crippen molar-refractivity contribution in [3.8, 4) is 0 Å². The zero-order chi connectivity index (χ0) is 16.1. The lowest BCUT2D eigenvalue weighted by Crippen LogP contribution is -2.10. The maximum absolute atomic E-state index is 4.51. The summed E-state index contributed by atoms with van der Waals surface area (Å²) in [5.74, 6) is 1.57. The van der Waals surface area contributed by atoms with Crippen LogP contribution in [0.2, 0.25) is 0 Å². The lowest BCUT2D eigenvalue weighted by molar-refractivity contribution is 0.940. The quantitative estimate of drug-likeness (QED) is 0.622. The molecule has 0 aliphatic rings. The molecule has 0 aliphatic heterocycles. The molecule has 23 heavy (non-hydrogen) atoms. The van der Waals surface area contributed by atoms with Crippen LogP contribution in [0.5, 0.6) is 0 Å². The zero-order valence-corrected chi connectivity index (χ0v) is 13.7. The van der Waals surface area contributed by atoms with Crippen LogP contribution in [0.15, 0.2) is 36.5 Å². The van der Waals surface area contributed by atoms with Crippen molar-refractivity contribution in [1.29, 1.82) is 0 Å². The van der Waals surface area contributed by atoms with Crippen LogP contribution < -0.4 is 10.6 Å². The van der Waals surface area contributed by atoms with Crippen LogP contribution in [0, 0.1) is 6.92 Å². The lowest BCUT2D eigenvalue weighted by Gasteiger charge is -2.09. The number of hydrogen-bond donors (Lipinski definition) is 3. The summed E-state index contributed by atoms with van der Waals surface area (Å²) in [4.78, 5) is 12.2. The van der Waals surface area contributed by atoms with Gasteiger partial charge in [0.1, 0.15) is 5.82 Å². The number of fused-ring (bicyclic) bond motifs is 1. The van der Waals surface area contributed by atoms with Gasteiger partial charge in [-0.2, -0.15) is 4.98 Å². The van der Waals surface area contributed by atoms with Gasteiger partial charge in [-0.3, -0.25) is 0 Å². The van der Waals surface area contributed by atoms with Crippen molar-refractivity contribution in [2.45, 2.75) is 26.7 Å². The Kier molecular flexibility index (Phi) is 4.76. The third kappa shape index (κ3) is 3.80. The fourth-order valence-corrected chi connectivity index (χ4v) is 2.64. The molecule has 0 aliphatic carbocycles. The highest BCUT2D eigenvalue weighted by Gasteiger charge is 2.04. The van der Waals surface area contributed by atoms with Crippen molar-refractivity contribution < 1.29 is 0 Å². The Hall–Kier alpha value is -2.56. The van der Waals surface area contributed by atoms with E-state index in [-0.39, 0.29) is 0 Å². The van der Waals surface area contributed by atoms with Gasteiger partial charge in [0.15, 0.2) is 0 Å². The highest BCUT2D eigenvalue weighted by molar-refractivity contribution is 5.83. The summed E-state index contributed by atoms with van der Waals surface area (Å²) in [7, 11) is 0. The van der Waals surface area contributed by atoms with Crippen molar-refractivity contribution in [2.75, 3.05) is 23.7 Å². The normalized spacial score (nSPS) is 10.9. The number of aromatic amines is 1. The molecule has 0 radical (unpaired) electrons. The van der Waals surface area contributed by atoms with Crippen molar-refractivity contribution >= 4 is 22.7 Å². The number of aryl methyl sites for hydroxylation is 1. The largest absolute Gasteiger partial charge is 0.370 e. The molecule has 0 atom stereocenters. The number of nitrogens with one attached hydrogen (secondary N) is 3. The first-order valence-electron chi connectivity index (χ1n) is 8.14. The third-order valence-electron chi connectivity index (χ3n) is 3.76. The maximum Gasteiger partial charge on any atom is 0.224 e. The van der Waals surface area contributed by atoms with Crippen molar-refractivity contribution in [3.63, 3.8) is 0 Å². The van der Waals surface area contributed by atoms with Crippen LogP contribution in [0.4, 0.5) is 11.8 Å². The van der Waals surface area contributed by atoms with Crippen LogP contribution in [0.1, 0.15) is 24.6 Å². The molecular weight excluding hydrogens is 286 g/mol. The molecule has 0 fully saturated rings. The first-order chi connectivity index (χ1) is 11.3. The van der Waals surface area contributed by atoms with Crippen LogP contribution in [0.25, 0.3) is 10.9 Å². The molecule has 0 spiro atoms. The summed E-state index contributed by atoms with van der Waals surface area (Å²) < 4.78 is 0. The minimum atomic E-state index is 0.696. The maximum atomic E-state index is 4.51. The van der Waals surface area contributed by atoms with Gasteiger partial charge in [-0.05, 0) is 31.4 Å². The molecule has 2 aromatic heterocycles. The van der Waals surface area contributed by atoms with Crippen LogP contribution in [-0.2, 0) is 6.42 Å². The van der Waals surface area contributed by atoms with Crippen molar-refractivity contribution in [1.82, 2.24) is 15.0 Å². The van der Waals surface area contributed by atoms with E-state index in [9.17, 15) is 0 Å². The molecule has 0 unspecified atom stereocenters. The Balaban J connectivity index is 1.63. The number of anilines is 2. The predicted molar refractivity (Wildman–Crippen MR) is 96.0 cm³/mol. The number of aromatic nitrogens is 3. The molecule has 0 saturated carbocycles. The predicted octanol–water partition coefficient (Wildman–Crippen LogP) is 3.74. The van der Waals surface area contributed by atoms with Gasteiger partial charge in [-0.1, -0.05) is 25.1 Å². The summed E-state index contributed by atoms with van der Waals surface area (Å²) in [5, 5.41) is 7.93. The highest BCUT2D eigenvalue weighted by Crippen LogP contribution is 2.18. The van der Waals surface area contributed by atoms with E-state index >= 15 is 0 Å². The van der Waals surface area contributed by atoms with Gasteiger partial charge < -0.3 is 15.6 Å². The minimum absolute atomic E-state index is 0.696. The van der Waals surface area contributed by atoms with E-state index in [1.165, 1.54) is 16.5 Å². The molecule has 2 heterocycles. The molecule has 3 aromatic rings. The van der Waals surface area contributed by atoms with Gasteiger partial charge in [0.25, 0.3) is 0 Å². The first kappa shape index (κ1) is 15.3.